The quantitative estimate of drug-likeness (QED) is 0.539. The van der Waals surface area contributed by atoms with Crippen LogP contribution in [0.1, 0.15) is 22.3 Å². The molecule has 3 heterocycles. The molecule has 1 aliphatic heterocycles. The number of nitrogens with one attached hydrogen (secondary N) is 2. The number of aromatic amines is 1. The second kappa shape index (κ2) is 8.15. The summed E-state index contributed by atoms with van der Waals surface area (Å²) in [4.78, 5) is 19.7. The van der Waals surface area contributed by atoms with E-state index >= 15 is 4.39 Å². The number of anilines is 1. The lowest BCUT2D eigenvalue weighted by molar-refractivity contribution is 0.103. The number of carbonyl (C=O) groups is 1. The maximum Gasteiger partial charge on any atom is 0.301 e. The highest BCUT2D eigenvalue weighted by atomic mass is 35.5. The zero-order valence-corrected chi connectivity index (χ0v) is 17.7. The minimum atomic E-state index is -4.17. The summed E-state index contributed by atoms with van der Waals surface area (Å²) >= 11 is 5.92. The first kappa shape index (κ1) is 21.6. The molecule has 0 spiro atoms. The van der Waals surface area contributed by atoms with Crippen molar-refractivity contribution in [1.82, 2.24) is 14.3 Å². The third kappa shape index (κ3) is 4.01. The highest BCUT2D eigenvalue weighted by molar-refractivity contribution is 7.90. The first-order chi connectivity index (χ1) is 14.7. The summed E-state index contributed by atoms with van der Waals surface area (Å²) in [5.74, 6) is -3.44. The van der Waals surface area contributed by atoms with Gasteiger partial charge in [-0.05, 0) is 24.6 Å². The number of halogens is 3. The van der Waals surface area contributed by atoms with E-state index in [1.165, 1.54) is 25.5 Å². The van der Waals surface area contributed by atoms with Gasteiger partial charge in [0.15, 0.2) is 5.82 Å². The van der Waals surface area contributed by atoms with Crippen LogP contribution in [0.4, 0.5) is 14.5 Å². The number of rotatable bonds is 6. The number of hydrogen-bond donors (Lipinski definition) is 2. The Balaban J connectivity index is 1.70. The molecule has 1 atom stereocenters. The number of ether oxygens (including phenoxy) is 1. The second-order valence-corrected chi connectivity index (χ2v) is 9.17. The molecular weight excluding hydrogens is 454 g/mol. The Kier molecular flexibility index (Phi) is 5.69. The Morgan fingerprint density at radius 3 is 2.87 bits per heavy atom. The van der Waals surface area contributed by atoms with Crippen molar-refractivity contribution in [2.75, 3.05) is 25.0 Å². The minimum absolute atomic E-state index is 0.0528. The standard InChI is InChI=1S/C19H17ClF2N4O4S/c1-26(11-4-5-30-9-11)31(28,29)25-15-3-2-14(21)16(17(15)22)18(27)13-8-24-19-12(13)6-10(20)7-23-19/h2-3,6-8,11,25H,4-5,9H2,1H3,(H,23,24). The van der Waals surface area contributed by atoms with Crippen LogP contribution in [0, 0.1) is 11.6 Å². The van der Waals surface area contributed by atoms with Gasteiger partial charge in [-0.3, -0.25) is 9.52 Å². The Bertz CT molecular complexity index is 1280. The fourth-order valence-corrected chi connectivity index (χ4v) is 4.65. The van der Waals surface area contributed by atoms with Gasteiger partial charge in [0.2, 0.25) is 5.78 Å². The summed E-state index contributed by atoms with van der Waals surface area (Å²) in [5.41, 5.74) is -1.19. The SMILES string of the molecule is CN(C1CCOC1)S(=O)(=O)Nc1ccc(F)c(C(=O)c2c[nH]c3ncc(Cl)cc23)c1F. The molecule has 1 fully saturated rings. The van der Waals surface area contributed by atoms with Crippen molar-refractivity contribution in [2.45, 2.75) is 12.5 Å². The number of H-pyrrole nitrogens is 1. The Labute approximate surface area is 181 Å². The lowest BCUT2D eigenvalue weighted by Gasteiger charge is -2.23. The fourth-order valence-electron chi connectivity index (χ4n) is 3.36. The van der Waals surface area contributed by atoms with Crippen LogP contribution in [-0.2, 0) is 14.9 Å². The highest BCUT2D eigenvalue weighted by Gasteiger charge is 2.31. The molecule has 1 unspecified atom stereocenters. The molecule has 0 amide bonds. The molecule has 0 bridgehead atoms. The van der Waals surface area contributed by atoms with Crippen LogP contribution in [0.3, 0.4) is 0 Å². The average molecular weight is 471 g/mol. The van der Waals surface area contributed by atoms with E-state index in [9.17, 15) is 17.6 Å². The molecule has 1 aromatic carbocycles. The first-order valence-electron chi connectivity index (χ1n) is 9.18. The molecule has 164 valence electrons. The van der Waals surface area contributed by atoms with E-state index in [-0.39, 0.29) is 22.6 Å². The zero-order chi connectivity index (χ0) is 22.3. The molecule has 2 aromatic heterocycles. The number of aromatic nitrogens is 2. The summed E-state index contributed by atoms with van der Waals surface area (Å²) in [5, 5.41) is 0.519. The molecule has 1 saturated heterocycles. The van der Waals surface area contributed by atoms with Crippen LogP contribution in [0.15, 0.2) is 30.6 Å². The van der Waals surface area contributed by atoms with Gasteiger partial charge in [-0.25, -0.2) is 13.8 Å². The lowest BCUT2D eigenvalue weighted by Crippen LogP contribution is -2.41. The molecule has 2 N–H and O–H groups in total. The molecule has 0 saturated carbocycles. The summed E-state index contributed by atoms with van der Waals surface area (Å²) in [6.07, 6.45) is 3.11. The van der Waals surface area contributed by atoms with Crippen LogP contribution >= 0.6 is 11.6 Å². The van der Waals surface area contributed by atoms with Gasteiger partial charge in [-0.2, -0.15) is 12.7 Å². The molecule has 4 rings (SSSR count). The second-order valence-electron chi connectivity index (χ2n) is 7.01. The van der Waals surface area contributed by atoms with Gasteiger partial charge in [0.1, 0.15) is 11.5 Å². The van der Waals surface area contributed by atoms with Crippen molar-refractivity contribution in [1.29, 1.82) is 0 Å². The van der Waals surface area contributed by atoms with Gasteiger partial charge < -0.3 is 9.72 Å². The summed E-state index contributed by atoms with van der Waals surface area (Å²) in [6, 6.07) is 2.78. The van der Waals surface area contributed by atoms with Gasteiger partial charge in [0.25, 0.3) is 0 Å². The number of nitrogens with zero attached hydrogens (tertiary/aromatic N) is 2. The van der Waals surface area contributed by atoms with Gasteiger partial charge >= 0.3 is 10.2 Å². The van der Waals surface area contributed by atoms with Crippen LogP contribution in [0.25, 0.3) is 11.0 Å². The molecule has 8 nitrogen and oxygen atoms in total. The average Bonchev–Trinajstić information content (AvgIpc) is 3.39. The number of pyridine rings is 1. The molecule has 12 heteroatoms. The van der Waals surface area contributed by atoms with Crippen molar-refractivity contribution >= 4 is 44.3 Å². The van der Waals surface area contributed by atoms with E-state index in [0.29, 0.717) is 18.7 Å². The lowest BCUT2D eigenvalue weighted by atomic mass is 10.0. The number of carbonyl (C=O) groups excluding carboxylic acids is 1. The zero-order valence-electron chi connectivity index (χ0n) is 16.2. The van der Waals surface area contributed by atoms with Gasteiger partial charge in [-0.1, -0.05) is 11.6 Å². The van der Waals surface area contributed by atoms with Crippen molar-refractivity contribution in [3.8, 4) is 0 Å². The fraction of sp³-hybridized carbons (Fsp3) is 0.263. The van der Waals surface area contributed by atoms with Gasteiger partial charge in [0, 0.05) is 37.0 Å². The number of fused-ring (bicyclic) bond motifs is 1. The summed E-state index contributed by atoms with van der Waals surface area (Å²) in [6.45, 7) is 0.627. The van der Waals surface area contributed by atoms with Crippen LogP contribution < -0.4 is 4.72 Å². The van der Waals surface area contributed by atoms with E-state index in [1.54, 1.807) is 0 Å². The Hall–Kier alpha value is -2.60. The Morgan fingerprint density at radius 2 is 2.16 bits per heavy atom. The molecule has 3 aromatic rings. The topological polar surface area (TPSA) is 104 Å². The molecule has 31 heavy (non-hydrogen) atoms. The number of hydrogen-bond acceptors (Lipinski definition) is 5. The van der Waals surface area contributed by atoms with Crippen LogP contribution in [-0.4, -0.2) is 54.8 Å². The van der Waals surface area contributed by atoms with E-state index in [1.807, 2.05) is 0 Å². The van der Waals surface area contributed by atoms with Gasteiger partial charge in [-0.15, -0.1) is 0 Å². The summed E-state index contributed by atoms with van der Waals surface area (Å²) in [7, 11) is -2.84. The molecule has 1 aliphatic rings. The third-order valence-electron chi connectivity index (χ3n) is 5.10. The van der Waals surface area contributed by atoms with E-state index in [4.69, 9.17) is 16.3 Å². The predicted octanol–water partition coefficient (Wildman–Crippen LogP) is 3.10. The Morgan fingerprint density at radius 1 is 1.39 bits per heavy atom. The largest absolute Gasteiger partial charge is 0.380 e. The van der Waals surface area contributed by atoms with Crippen molar-refractivity contribution in [2.24, 2.45) is 0 Å². The molecule has 0 aliphatic carbocycles. The van der Waals surface area contributed by atoms with E-state index in [0.717, 1.165) is 16.4 Å². The normalized spacial score (nSPS) is 16.9. The summed E-state index contributed by atoms with van der Waals surface area (Å²) < 4.78 is 63.2. The number of ketones is 1. The third-order valence-corrected chi connectivity index (χ3v) is 6.84. The van der Waals surface area contributed by atoms with Crippen molar-refractivity contribution in [3.63, 3.8) is 0 Å². The van der Waals surface area contributed by atoms with Crippen molar-refractivity contribution < 1.29 is 26.7 Å². The van der Waals surface area contributed by atoms with E-state index < -0.39 is 44.9 Å². The minimum Gasteiger partial charge on any atom is -0.380 e. The van der Waals surface area contributed by atoms with Gasteiger partial charge in [0.05, 0.1) is 28.9 Å². The molecule has 0 radical (unpaired) electrons. The molecular formula is C19H17ClF2N4O4S. The predicted molar refractivity (Wildman–Crippen MR) is 110 cm³/mol. The van der Waals surface area contributed by atoms with Crippen LogP contribution in [0.5, 0.6) is 0 Å². The first-order valence-corrected chi connectivity index (χ1v) is 11.0. The van der Waals surface area contributed by atoms with E-state index in [2.05, 4.69) is 14.7 Å². The van der Waals surface area contributed by atoms with Crippen molar-refractivity contribution in [3.05, 3.63) is 58.4 Å². The number of benzene rings is 1. The smallest absolute Gasteiger partial charge is 0.301 e. The maximum absolute atomic E-state index is 15.1. The maximum atomic E-state index is 15.1. The number of likely N-dealkylation sites (N-methyl/N-ethyl adjacent to an activating group) is 1. The van der Waals surface area contributed by atoms with Crippen LogP contribution in [0.2, 0.25) is 5.02 Å². The highest BCUT2D eigenvalue weighted by Crippen LogP contribution is 2.29. The monoisotopic (exact) mass is 470 g/mol.